The molecular formula is C10H14IN3O. The lowest BCUT2D eigenvalue weighted by Gasteiger charge is -2.31. The summed E-state index contributed by atoms with van der Waals surface area (Å²) in [5.74, 6) is 0.844. The van der Waals surface area contributed by atoms with Gasteiger partial charge in [0.1, 0.15) is 3.70 Å². The molecule has 4 nitrogen and oxygen atoms in total. The number of rotatable bonds is 2. The van der Waals surface area contributed by atoms with Crippen molar-refractivity contribution >= 4 is 28.5 Å². The van der Waals surface area contributed by atoms with Crippen molar-refractivity contribution in [1.29, 1.82) is 0 Å². The quantitative estimate of drug-likeness (QED) is 0.614. The Bertz CT molecular complexity index is 326. The van der Waals surface area contributed by atoms with Crippen molar-refractivity contribution in [3.63, 3.8) is 0 Å². The summed E-state index contributed by atoms with van der Waals surface area (Å²) in [5.41, 5.74) is 0. The molecule has 0 aliphatic carbocycles. The Kier molecular flexibility index (Phi) is 3.74. The molecular weight excluding hydrogens is 305 g/mol. The summed E-state index contributed by atoms with van der Waals surface area (Å²) < 4.78 is 6.32. The average Bonchev–Trinajstić information content (AvgIpc) is 2.29. The maximum absolute atomic E-state index is 5.33. The highest BCUT2D eigenvalue weighted by molar-refractivity contribution is 14.1. The van der Waals surface area contributed by atoms with Crippen LogP contribution in [0.3, 0.4) is 0 Å². The van der Waals surface area contributed by atoms with Crippen LogP contribution < -0.4 is 4.90 Å². The average molecular weight is 319 g/mol. The second kappa shape index (κ2) is 5.07. The topological polar surface area (TPSA) is 38.2 Å². The number of anilines is 1. The number of halogens is 1. The molecule has 0 unspecified atom stereocenters. The van der Waals surface area contributed by atoms with E-state index in [4.69, 9.17) is 4.74 Å². The number of methoxy groups -OCH3 is 1. The van der Waals surface area contributed by atoms with Crippen LogP contribution in [0, 0.1) is 3.70 Å². The summed E-state index contributed by atoms with van der Waals surface area (Å²) in [6.07, 6.45) is 4.34. The van der Waals surface area contributed by atoms with Crippen molar-refractivity contribution < 1.29 is 4.74 Å². The fourth-order valence-electron chi connectivity index (χ4n) is 1.77. The van der Waals surface area contributed by atoms with Gasteiger partial charge in [0.2, 0.25) is 5.95 Å². The molecule has 2 rings (SSSR count). The SMILES string of the molecule is COC1CCN(c2nccc(I)n2)CC1. The van der Waals surface area contributed by atoms with Gasteiger partial charge in [-0.1, -0.05) is 0 Å². The molecule has 1 aliphatic rings. The fraction of sp³-hybridized carbons (Fsp3) is 0.600. The van der Waals surface area contributed by atoms with Gasteiger partial charge in [-0.25, -0.2) is 9.97 Å². The highest BCUT2D eigenvalue weighted by Crippen LogP contribution is 2.17. The second-order valence-electron chi connectivity index (χ2n) is 3.60. The van der Waals surface area contributed by atoms with E-state index in [0.717, 1.165) is 35.6 Å². The van der Waals surface area contributed by atoms with Gasteiger partial charge < -0.3 is 9.64 Å². The van der Waals surface area contributed by atoms with Crippen molar-refractivity contribution in [2.45, 2.75) is 18.9 Å². The lowest BCUT2D eigenvalue weighted by Crippen LogP contribution is -2.37. The molecule has 5 heteroatoms. The van der Waals surface area contributed by atoms with Gasteiger partial charge in [0.25, 0.3) is 0 Å². The molecule has 1 aromatic heterocycles. The lowest BCUT2D eigenvalue weighted by molar-refractivity contribution is 0.0816. The Labute approximate surface area is 103 Å². The smallest absolute Gasteiger partial charge is 0.226 e. The molecule has 1 fully saturated rings. The molecule has 0 spiro atoms. The van der Waals surface area contributed by atoms with Crippen molar-refractivity contribution in [2.75, 3.05) is 25.1 Å². The molecule has 1 aromatic rings. The van der Waals surface area contributed by atoms with Crippen LogP contribution >= 0.6 is 22.6 Å². The zero-order valence-corrected chi connectivity index (χ0v) is 10.8. The van der Waals surface area contributed by atoms with Crippen molar-refractivity contribution in [1.82, 2.24) is 9.97 Å². The largest absolute Gasteiger partial charge is 0.381 e. The van der Waals surface area contributed by atoms with E-state index in [1.54, 1.807) is 7.11 Å². The first-order chi connectivity index (χ1) is 7.29. The van der Waals surface area contributed by atoms with Crippen LogP contribution in [0.4, 0.5) is 5.95 Å². The van der Waals surface area contributed by atoms with Crippen LogP contribution in [-0.4, -0.2) is 36.3 Å². The van der Waals surface area contributed by atoms with Gasteiger partial charge in [-0.2, -0.15) is 0 Å². The van der Waals surface area contributed by atoms with Crippen LogP contribution in [0.2, 0.25) is 0 Å². The third-order valence-corrected chi connectivity index (χ3v) is 3.27. The molecule has 0 bridgehead atoms. The number of piperidine rings is 1. The van der Waals surface area contributed by atoms with E-state index in [2.05, 4.69) is 37.5 Å². The van der Waals surface area contributed by atoms with Crippen molar-refractivity contribution in [3.05, 3.63) is 16.0 Å². The number of ether oxygens (including phenoxy) is 1. The van der Waals surface area contributed by atoms with Crippen LogP contribution in [0.1, 0.15) is 12.8 Å². The van der Waals surface area contributed by atoms with Gasteiger partial charge in [-0.05, 0) is 41.5 Å². The first-order valence-electron chi connectivity index (χ1n) is 5.06. The highest BCUT2D eigenvalue weighted by Gasteiger charge is 2.20. The molecule has 15 heavy (non-hydrogen) atoms. The lowest BCUT2D eigenvalue weighted by atomic mass is 10.1. The standard InChI is InChI=1S/C10H14IN3O/c1-15-8-3-6-14(7-4-8)10-12-5-2-9(11)13-10/h2,5,8H,3-4,6-7H2,1H3. The minimum atomic E-state index is 0.407. The molecule has 0 saturated carbocycles. The minimum absolute atomic E-state index is 0.407. The number of hydrogen-bond acceptors (Lipinski definition) is 4. The molecule has 1 saturated heterocycles. The van der Waals surface area contributed by atoms with Gasteiger partial charge in [0, 0.05) is 26.4 Å². The van der Waals surface area contributed by atoms with Gasteiger partial charge in [0.05, 0.1) is 6.10 Å². The van der Waals surface area contributed by atoms with E-state index in [9.17, 15) is 0 Å². The number of aromatic nitrogens is 2. The minimum Gasteiger partial charge on any atom is -0.381 e. The predicted octanol–water partition coefficient (Wildman–Crippen LogP) is 1.70. The number of nitrogens with zero attached hydrogens (tertiary/aromatic N) is 3. The zero-order chi connectivity index (χ0) is 10.7. The maximum Gasteiger partial charge on any atom is 0.226 e. The molecule has 0 radical (unpaired) electrons. The predicted molar refractivity (Wildman–Crippen MR) is 67.0 cm³/mol. The van der Waals surface area contributed by atoms with Gasteiger partial charge in [-0.3, -0.25) is 0 Å². The Balaban J connectivity index is 2.01. The van der Waals surface area contributed by atoms with E-state index in [0.29, 0.717) is 6.10 Å². The molecule has 1 aliphatic heterocycles. The fourth-order valence-corrected chi connectivity index (χ4v) is 2.15. The molecule has 82 valence electrons. The monoisotopic (exact) mass is 319 g/mol. The summed E-state index contributed by atoms with van der Waals surface area (Å²) >= 11 is 2.21. The molecule has 0 amide bonds. The van der Waals surface area contributed by atoms with Crippen molar-refractivity contribution in [3.8, 4) is 0 Å². The normalized spacial score (nSPS) is 18.1. The Morgan fingerprint density at radius 2 is 2.20 bits per heavy atom. The van der Waals surface area contributed by atoms with E-state index in [1.807, 2.05) is 12.3 Å². The van der Waals surface area contributed by atoms with E-state index < -0.39 is 0 Å². The van der Waals surface area contributed by atoms with Crippen LogP contribution in [0.5, 0.6) is 0 Å². The zero-order valence-electron chi connectivity index (χ0n) is 8.69. The summed E-state index contributed by atoms with van der Waals surface area (Å²) in [6, 6.07) is 1.91. The Hall–Kier alpha value is -0.430. The van der Waals surface area contributed by atoms with Crippen LogP contribution in [0.25, 0.3) is 0 Å². The third kappa shape index (κ3) is 2.78. The number of hydrogen-bond donors (Lipinski definition) is 0. The second-order valence-corrected chi connectivity index (χ2v) is 4.71. The molecule has 0 atom stereocenters. The van der Waals surface area contributed by atoms with Gasteiger partial charge in [-0.15, -0.1) is 0 Å². The Morgan fingerprint density at radius 3 is 2.80 bits per heavy atom. The van der Waals surface area contributed by atoms with Crippen LogP contribution in [0.15, 0.2) is 12.3 Å². The van der Waals surface area contributed by atoms with Gasteiger partial charge in [0.15, 0.2) is 0 Å². The maximum atomic E-state index is 5.33. The third-order valence-electron chi connectivity index (χ3n) is 2.67. The van der Waals surface area contributed by atoms with Crippen molar-refractivity contribution in [2.24, 2.45) is 0 Å². The van der Waals surface area contributed by atoms with E-state index >= 15 is 0 Å². The van der Waals surface area contributed by atoms with E-state index in [-0.39, 0.29) is 0 Å². The molecule has 0 N–H and O–H groups in total. The molecule has 2 heterocycles. The van der Waals surface area contributed by atoms with Gasteiger partial charge >= 0.3 is 0 Å². The summed E-state index contributed by atoms with van der Waals surface area (Å²) in [7, 11) is 1.78. The Morgan fingerprint density at radius 1 is 1.47 bits per heavy atom. The summed E-state index contributed by atoms with van der Waals surface area (Å²) in [6.45, 7) is 1.97. The summed E-state index contributed by atoms with van der Waals surface area (Å²) in [5, 5.41) is 0. The van der Waals surface area contributed by atoms with E-state index in [1.165, 1.54) is 0 Å². The first-order valence-corrected chi connectivity index (χ1v) is 6.14. The first kappa shape index (κ1) is 11.1. The van der Waals surface area contributed by atoms with Crippen LogP contribution in [-0.2, 0) is 4.74 Å². The molecule has 0 aromatic carbocycles. The highest BCUT2D eigenvalue weighted by atomic mass is 127. The summed E-state index contributed by atoms with van der Waals surface area (Å²) in [4.78, 5) is 10.9.